The molecule has 1 aliphatic carbocycles. The van der Waals surface area contributed by atoms with Gasteiger partial charge in [0.25, 0.3) is 0 Å². The molecule has 0 bridgehead atoms. The van der Waals surface area contributed by atoms with Gasteiger partial charge in [-0.05, 0) is 38.8 Å². The zero-order chi connectivity index (χ0) is 19.2. The molecule has 2 amide bonds. The number of piperazine rings is 1. The fourth-order valence-electron chi connectivity index (χ4n) is 4.06. The smallest absolute Gasteiger partial charge is 0.225 e. The van der Waals surface area contributed by atoms with E-state index in [4.69, 9.17) is 4.74 Å². The molecule has 0 spiro atoms. The maximum absolute atomic E-state index is 12.7. The van der Waals surface area contributed by atoms with Gasteiger partial charge in [0.2, 0.25) is 11.8 Å². The zero-order valence-corrected chi connectivity index (χ0v) is 16.4. The summed E-state index contributed by atoms with van der Waals surface area (Å²) >= 11 is 0. The fourth-order valence-corrected chi connectivity index (χ4v) is 4.06. The number of nitrogens with one attached hydrogen (secondary N) is 1. The summed E-state index contributed by atoms with van der Waals surface area (Å²) in [5.41, 5.74) is 0.979. The van der Waals surface area contributed by atoms with Crippen molar-refractivity contribution in [2.45, 2.75) is 32.2 Å². The average molecular weight is 373 g/mol. The number of likely N-dealkylation sites (N-methyl/N-ethyl adjacent to an activating group) is 1. The lowest BCUT2D eigenvalue weighted by molar-refractivity contribution is -0.139. The van der Waals surface area contributed by atoms with Crippen LogP contribution in [0.25, 0.3) is 0 Å². The third-order valence-electron chi connectivity index (χ3n) is 5.91. The first kappa shape index (κ1) is 19.7. The molecular formula is C21H31N3O3. The molecular weight excluding hydrogens is 342 g/mol. The van der Waals surface area contributed by atoms with Crippen molar-refractivity contribution in [2.75, 3.05) is 40.3 Å². The van der Waals surface area contributed by atoms with E-state index in [-0.39, 0.29) is 23.7 Å². The summed E-state index contributed by atoms with van der Waals surface area (Å²) in [7, 11) is 3.73. The van der Waals surface area contributed by atoms with Crippen molar-refractivity contribution in [1.29, 1.82) is 0 Å². The second kappa shape index (κ2) is 9.22. The molecule has 1 heterocycles. The highest BCUT2D eigenvalue weighted by Crippen LogP contribution is 2.30. The number of hydrogen-bond donors (Lipinski definition) is 1. The topological polar surface area (TPSA) is 61.9 Å². The number of methoxy groups -OCH3 is 1. The molecule has 1 aromatic rings. The Labute approximate surface area is 161 Å². The molecule has 1 saturated carbocycles. The van der Waals surface area contributed by atoms with Gasteiger partial charge < -0.3 is 19.9 Å². The minimum atomic E-state index is 0.0104. The van der Waals surface area contributed by atoms with Gasteiger partial charge in [-0.15, -0.1) is 0 Å². The van der Waals surface area contributed by atoms with Crippen LogP contribution in [-0.2, 0) is 16.1 Å². The Morgan fingerprint density at radius 3 is 2.33 bits per heavy atom. The monoisotopic (exact) mass is 373 g/mol. The molecule has 2 aliphatic rings. The van der Waals surface area contributed by atoms with Gasteiger partial charge in [-0.1, -0.05) is 18.2 Å². The van der Waals surface area contributed by atoms with E-state index in [2.05, 4.69) is 17.3 Å². The number of ether oxygens (including phenoxy) is 1. The van der Waals surface area contributed by atoms with Crippen molar-refractivity contribution < 1.29 is 14.3 Å². The highest BCUT2D eigenvalue weighted by atomic mass is 16.5. The zero-order valence-electron chi connectivity index (χ0n) is 16.4. The summed E-state index contributed by atoms with van der Waals surface area (Å²) < 4.78 is 5.33. The third-order valence-corrected chi connectivity index (χ3v) is 5.91. The van der Waals surface area contributed by atoms with Crippen LogP contribution < -0.4 is 10.1 Å². The van der Waals surface area contributed by atoms with E-state index in [0.29, 0.717) is 6.54 Å². The van der Waals surface area contributed by atoms with Crippen molar-refractivity contribution in [3.05, 3.63) is 29.8 Å². The van der Waals surface area contributed by atoms with Gasteiger partial charge in [0.1, 0.15) is 5.75 Å². The summed E-state index contributed by atoms with van der Waals surface area (Å²) in [5.74, 6) is 1.27. The minimum absolute atomic E-state index is 0.0104. The van der Waals surface area contributed by atoms with E-state index in [1.54, 1.807) is 7.11 Å². The number of rotatable bonds is 5. The molecule has 1 saturated heterocycles. The molecule has 6 nitrogen and oxygen atoms in total. The molecule has 6 heteroatoms. The molecule has 27 heavy (non-hydrogen) atoms. The van der Waals surface area contributed by atoms with Crippen LogP contribution in [0.4, 0.5) is 0 Å². The average Bonchev–Trinajstić information content (AvgIpc) is 2.72. The Morgan fingerprint density at radius 1 is 1.04 bits per heavy atom. The fraction of sp³-hybridized carbons (Fsp3) is 0.619. The van der Waals surface area contributed by atoms with Crippen LogP contribution in [0.2, 0.25) is 0 Å². The van der Waals surface area contributed by atoms with Crippen molar-refractivity contribution in [2.24, 2.45) is 11.8 Å². The lowest BCUT2D eigenvalue weighted by Gasteiger charge is -2.36. The number of amides is 2. The lowest BCUT2D eigenvalue weighted by Crippen LogP contribution is -2.49. The van der Waals surface area contributed by atoms with E-state index in [0.717, 1.165) is 63.2 Å². The molecule has 1 aromatic carbocycles. The molecule has 1 N–H and O–H groups in total. The van der Waals surface area contributed by atoms with Gasteiger partial charge in [0.05, 0.1) is 7.11 Å². The van der Waals surface area contributed by atoms with Gasteiger partial charge in [-0.25, -0.2) is 0 Å². The van der Waals surface area contributed by atoms with Gasteiger partial charge in [-0.2, -0.15) is 0 Å². The normalized spacial score (nSPS) is 23.7. The molecule has 0 atom stereocenters. The van der Waals surface area contributed by atoms with Crippen LogP contribution in [-0.4, -0.2) is 62.0 Å². The summed E-state index contributed by atoms with van der Waals surface area (Å²) in [6.45, 7) is 4.03. The first-order chi connectivity index (χ1) is 13.1. The second-order valence-electron chi connectivity index (χ2n) is 7.71. The predicted molar refractivity (Wildman–Crippen MR) is 104 cm³/mol. The molecule has 148 valence electrons. The first-order valence-corrected chi connectivity index (χ1v) is 9.95. The Hall–Kier alpha value is -2.08. The Kier molecular flexibility index (Phi) is 6.72. The molecule has 0 aromatic heterocycles. The first-order valence-electron chi connectivity index (χ1n) is 9.95. The van der Waals surface area contributed by atoms with Gasteiger partial charge in [0.15, 0.2) is 0 Å². The van der Waals surface area contributed by atoms with Crippen molar-refractivity contribution in [3.8, 4) is 5.75 Å². The Morgan fingerprint density at radius 2 is 1.67 bits per heavy atom. The van der Waals surface area contributed by atoms with E-state index in [1.807, 2.05) is 29.2 Å². The molecule has 0 radical (unpaired) electrons. The van der Waals surface area contributed by atoms with Crippen LogP contribution in [0.5, 0.6) is 5.75 Å². The Bertz CT molecular complexity index is 648. The van der Waals surface area contributed by atoms with E-state index >= 15 is 0 Å². The molecule has 0 unspecified atom stereocenters. The number of carbonyl (C=O) groups is 2. The van der Waals surface area contributed by atoms with E-state index in [9.17, 15) is 9.59 Å². The number of hydrogen-bond acceptors (Lipinski definition) is 4. The number of carbonyl (C=O) groups excluding carboxylic acids is 2. The number of nitrogens with zero attached hydrogens (tertiary/aromatic N) is 2. The highest BCUT2D eigenvalue weighted by molar-refractivity contribution is 5.81. The van der Waals surface area contributed by atoms with E-state index < -0.39 is 0 Å². The lowest BCUT2D eigenvalue weighted by atomic mass is 9.80. The van der Waals surface area contributed by atoms with E-state index in [1.165, 1.54) is 0 Å². The Balaban J connectivity index is 1.44. The highest BCUT2D eigenvalue weighted by Gasteiger charge is 2.32. The van der Waals surface area contributed by atoms with Gasteiger partial charge in [-0.3, -0.25) is 9.59 Å². The third kappa shape index (κ3) is 5.01. The maximum atomic E-state index is 12.7. The summed E-state index contributed by atoms with van der Waals surface area (Å²) in [6.07, 6.45) is 3.22. The van der Waals surface area contributed by atoms with Gasteiger partial charge in [0, 0.05) is 50.1 Å². The van der Waals surface area contributed by atoms with Crippen molar-refractivity contribution in [1.82, 2.24) is 15.1 Å². The molecule has 1 aliphatic heterocycles. The molecule has 2 fully saturated rings. The standard InChI is InChI=1S/C21H31N3O3/c1-23-11-13-24(14-12-23)21(26)17-9-7-16(8-10-17)20(25)22-15-18-5-3-4-6-19(18)27-2/h3-6,16-17H,7-15H2,1-2H3,(H,22,25). The summed E-state index contributed by atoms with van der Waals surface area (Å²) in [5, 5.41) is 3.04. The number of para-hydroxylation sites is 1. The molecule has 3 rings (SSSR count). The van der Waals surface area contributed by atoms with Crippen LogP contribution in [0.3, 0.4) is 0 Å². The summed E-state index contributed by atoms with van der Waals surface area (Å²) in [4.78, 5) is 29.5. The van der Waals surface area contributed by atoms with Crippen LogP contribution in [0, 0.1) is 11.8 Å². The van der Waals surface area contributed by atoms with Gasteiger partial charge >= 0.3 is 0 Å². The van der Waals surface area contributed by atoms with Crippen LogP contribution in [0.15, 0.2) is 24.3 Å². The number of benzene rings is 1. The SMILES string of the molecule is COc1ccccc1CNC(=O)C1CCC(C(=O)N2CCN(C)CC2)CC1. The van der Waals surface area contributed by atoms with Crippen LogP contribution >= 0.6 is 0 Å². The largest absolute Gasteiger partial charge is 0.496 e. The maximum Gasteiger partial charge on any atom is 0.225 e. The van der Waals surface area contributed by atoms with Crippen molar-refractivity contribution >= 4 is 11.8 Å². The minimum Gasteiger partial charge on any atom is -0.496 e. The second-order valence-corrected chi connectivity index (χ2v) is 7.71. The van der Waals surface area contributed by atoms with Crippen molar-refractivity contribution in [3.63, 3.8) is 0 Å². The summed E-state index contributed by atoms with van der Waals surface area (Å²) in [6, 6.07) is 7.73. The van der Waals surface area contributed by atoms with Crippen LogP contribution in [0.1, 0.15) is 31.2 Å². The quantitative estimate of drug-likeness (QED) is 0.856. The predicted octanol–water partition coefficient (Wildman–Crippen LogP) is 1.89.